The van der Waals surface area contributed by atoms with Crippen molar-refractivity contribution in [1.82, 2.24) is 24.6 Å². The van der Waals surface area contributed by atoms with Gasteiger partial charge >= 0.3 is 0 Å². The average Bonchev–Trinajstić information content (AvgIpc) is 3.19. The predicted molar refractivity (Wildman–Crippen MR) is 117 cm³/mol. The van der Waals surface area contributed by atoms with Gasteiger partial charge in [-0.3, -0.25) is 19.7 Å². The number of nitrogens with one attached hydrogen (secondary N) is 1. The highest BCUT2D eigenvalue weighted by atomic mass is 19.1. The molecule has 1 N–H and O–H groups in total. The molecule has 0 atom stereocenters. The number of fused-ring (bicyclic) bond motifs is 1. The molecule has 162 valence electrons. The van der Waals surface area contributed by atoms with Gasteiger partial charge in [0.2, 0.25) is 11.9 Å². The number of likely N-dealkylation sites (tertiary alicyclic amines) is 1. The Morgan fingerprint density at radius 1 is 1.16 bits per heavy atom. The van der Waals surface area contributed by atoms with E-state index in [-0.39, 0.29) is 11.8 Å². The van der Waals surface area contributed by atoms with Crippen LogP contribution in [-0.4, -0.2) is 56.4 Å². The van der Waals surface area contributed by atoms with E-state index in [9.17, 15) is 9.18 Å². The second kappa shape index (κ2) is 8.34. The van der Waals surface area contributed by atoms with Gasteiger partial charge in [0, 0.05) is 55.9 Å². The summed E-state index contributed by atoms with van der Waals surface area (Å²) in [5, 5.41) is 8.06. The largest absolute Gasteiger partial charge is 0.297 e. The van der Waals surface area contributed by atoms with Gasteiger partial charge in [-0.2, -0.15) is 5.10 Å². The molecular formula is C23H27FN6O. The molecule has 1 saturated heterocycles. The molecule has 0 bridgehead atoms. The van der Waals surface area contributed by atoms with Gasteiger partial charge in [-0.1, -0.05) is 12.1 Å². The number of nitrogens with zero attached hydrogens (tertiary/aromatic N) is 5. The summed E-state index contributed by atoms with van der Waals surface area (Å²) in [5.41, 5.74) is 2.83. The van der Waals surface area contributed by atoms with Crippen LogP contribution in [0.4, 0.5) is 10.3 Å². The first-order chi connectivity index (χ1) is 15.0. The normalized spacial score (nSPS) is 22.4. The molecule has 2 fully saturated rings. The van der Waals surface area contributed by atoms with Crippen LogP contribution in [0.1, 0.15) is 25.7 Å². The van der Waals surface area contributed by atoms with Crippen molar-refractivity contribution >= 4 is 22.8 Å². The molecule has 0 spiro atoms. The Hall–Kier alpha value is -2.87. The van der Waals surface area contributed by atoms with Crippen LogP contribution in [0.2, 0.25) is 0 Å². The summed E-state index contributed by atoms with van der Waals surface area (Å²) in [4.78, 5) is 23.8. The molecule has 5 rings (SSSR count). The molecule has 2 aromatic heterocycles. The number of aromatic nitrogens is 4. The average molecular weight is 423 g/mol. The van der Waals surface area contributed by atoms with Gasteiger partial charge < -0.3 is 0 Å². The first-order valence-corrected chi connectivity index (χ1v) is 11.0. The Morgan fingerprint density at radius 2 is 1.97 bits per heavy atom. The van der Waals surface area contributed by atoms with E-state index >= 15 is 0 Å². The van der Waals surface area contributed by atoms with E-state index in [2.05, 4.69) is 25.3 Å². The lowest BCUT2D eigenvalue weighted by atomic mass is 9.81. The molecule has 0 radical (unpaired) electrons. The third-order valence-corrected chi connectivity index (χ3v) is 6.50. The Kier molecular flexibility index (Phi) is 5.40. The SMILES string of the molecule is Cn1cc(-c2ccc3cnc(NC(=O)[C@H]4CC[C@H](CN5CC(F)C5)CC4)nc3c2)cn1. The molecule has 31 heavy (non-hydrogen) atoms. The summed E-state index contributed by atoms with van der Waals surface area (Å²) in [6.07, 6.45) is 8.62. The molecule has 7 nitrogen and oxygen atoms in total. The number of carbonyl (C=O) groups excluding carboxylic acids is 1. The van der Waals surface area contributed by atoms with E-state index in [4.69, 9.17) is 0 Å². The second-order valence-electron chi connectivity index (χ2n) is 8.89. The van der Waals surface area contributed by atoms with Crippen LogP contribution in [0, 0.1) is 11.8 Å². The summed E-state index contributed by atoms with van der Waals surface area (Å²) in [7, 11) is 1.89. The van der Waals surface area contributed by atoms with E-state index in [0.717, 1.165) is 54.3 Å². The van der Waals surface area contributed by atoms with E-state index < -0.39 is 6.17 Å². The minimum absolute atomic E-state index is 0.00557. The number of halogens is 1. The Bertz CT molecular complexity index is 1080. The minimum Gasteiger partial charge on any atom is -0.297 e. The first-order valence-electron chi connectivity index (χ1n) is 11.0. The highest BCUT2D eigenvalue weighted by Crippen LogP contribution is 2.31. The van der Waals surface area contributed by atoms with Crippen molar-refractivity contribution in [2.45, 2.75) is 31.9 Å². The van der Waals surface area contributed by atoms with Crippen LogP contribution in [0.3, 0.4) is 0 Å². The zero-order valence-corrected chi connectivity index (χ0v) is 17.7. The molecule has 1 aliphatic carbocycles. The maximum absolute atomic E-state index is 13.0. The minimum atomic E-state index is -0.649. The maximum Gasteiger partial charge on any atom is 0.229 e. The predicted octanol–water partition coefficient (Wildman–Crippen LogP) is 3.43. The third kappa shape index (κ3) is 4.44. The highest BCUT2D eigenvalue weighted by molar-refractivity contribution is 5.92. The quantitative estimate of drug-likeness (QED) is 0.682. The van der Waals surface area contributed by atoms with Crippen LogP contribution >= 0.6 is 0 Å². The summed E-state index contributed by atoms with van der Waals surface area (Å²) in [6, 6.07) is 5.99. The molecule has 8 heteroatoms. The van der Waals surface area contributed by atoms with E-state index in [1.165, 1.54) is 0 Å². The molecule has 0 unspecified atom stereocenters. The lowest BCUT2D eigenvalue weighted by molar-refractivity contribution is -0.121. The summed E-state index contributed by atoms with van der Waals surface area (Å²) >= 11 is 0. The Morgan fingerprint density at radius 3 is 2.68 bits per heavy atom. The van der Waals surface area contributed by atoms with Crippen LogP contribution < -0.4 is 5.32 Å². The van der Waals surface area contributed by atoms with Gasteiger partial charge in [-0.25, -0.2) is 14.4 Å². The molecule has 3 aromatic rings. The molecule has 1 aliphatic heterocycles. The van der Waals surface area contributed by atoms with Crippen molar-refractivity contribution in [3.05, 3.63) is 36.8 Å². The van der Waals surface area contributed by atoms with Gasteiger partial charge in [0.25, 0.3) is 0 Å². The van der Waals surface area contributed by atoms with Crippen LogP contribution in [-0.2, 0) is 11.8 Å². The smallest absolute Gasteiger partial charge is 0.229 e. The fourth-order valence-electron chi connectivity index (χ4n) is 4.67. The lowest BCUT2D eigenvalue weighted by Gasteiger charge is -2.38. The van der Waals surface area contributed by atoms with Gasteiger partial charge in [-0.05, 0) is 43.2 Å². The maximum atomic E-state index is 13.0. The van der Waals surface area contributed by atoms with Crippen molar-refractivity contribution in [2.24, 2.45) is 18.9 Å². The van der Waals surface area contributed by atoms with E-state index in [0.29, 0.717) is 25.0 Å². The second-order valence-corrected chi connectivity index (χ2v) is 8.89. The Labute approximate surface area is 180 Å². The van der Waals surface area contributed by atoms with Gasteiger partial charge in [0.05, 0.1) is 11.7 Å². The number of anilines is 1. The van der Waals surface area contributed by atoms with Gasteiger partial charge in [0.15, 0.2) is 0 Å². The van der Waals surface area contributed by atoms with Crippen molar-refractivity contribution < 1.29 is 9.18 Å². The molecule has 1 amide bonds. The molecule has 1 aromatic carbocycles. The standard InChI is InChI=1S/C23H27FN6O/c1-29-12-19(10-26-29)17-6-7-18-9-25-23(27-21(18)8-17)28-22(31)16-4-2-15(3-5-16)11-30-13-20(24)14-30/h6-10,12,15-16,20H,2-5,11,13-14H2,1H3,(H,25,27,28,31)/t15-,16-. The van der Waals surface area contributed by atoms with Crippen LogP contribution in [0.5, 0.6) is 0 Å². The molecular weight excluding hydrogens is 395 g/mol. The third-order valence-electron chi connectivity index (χ3n) is 6.50. The molecule has 2 aliphatic rings. The molecule has 3 heterocycles. The highest BCUT2D eigenvalue weighted by Gasteiger charge is 2.31. The van der Waals surface area contributed by atoms with Gasteiger partial charge in [0.1, 0.15) is 6.17 Å². The van der Waals surface area contributed by atoms with Crippen molar-refractivity contribution in [2.75, 3.05) is 25.0 Å². The number of amides is 1. The summed E-state index contributed by atoms with van der Waals surface area (Å²) in [5.74, 6) is 0.897. The Balaban J connectivity index is 1.21. The molecule has 1 saturated carbocycles. The fourth-order valence-corrected chi connectivity index (χ4v) is 4.67. The van der Waals surface area contributed by atoms with Crippen molar-refractivity contribution in [3.63, 3.8) is 0 Å². The fraction of sp³-hybridized carbons (Fsp3) is 0.478. The number of hydrogen-bond acceptors (Lipinski definition) is 5. The van der Waals surface area contributed by atoms with E-state index in [1.54, 1.807) is 10.9 Å². The zero-order valence-electron chi connectivity index (χ0n) is 17.7. The summed E-state index contributed by atoms with van der Waals surface area (Å²) in [6.45, 7) is 2.10. The number of alkyl halides is 1. The monoisotopic (exact) mass is 422 g/mol. The van der Waals surface area contributed by atoms with E-state index in [1.807, 2.05) is 37.6 Å². The van der Waals surface area contributed by atoms with Crippen molar-refractivity contribution in [1.29, 1.82) is 0 Å². The first kappa shape index (κ1) is 20.1. The number of carbonyl (C=O) groups is 1. The number of hydrogen-bond donors (Lipinski definition) is 1. The number of benzene rings is 1. The van der Waals surface area contributed by atoms with Crippen LogP contribution in [0.15, 0.2) is 36.8 Å². The lowest BCUT2D eigenvalue weighted by Crippen LogP contribution is -2.50. The number of aryl methyl sites for hydroxylation is 1. The topological polar surface area (TPSA) is 75.9 Å². The zero-order chi connectivity index (χ0) is 21.4. The van der Waals surface area contributed by atoms with Gasteiger partial charge in [-0.15, -0.1) is 0 Å². The van der Waals surface area contributed by atoms with Crippen molar-refractivity contribution in [3.8, 4) is 11.1 Å². The summed E-state index contributed by atoms with van der Waals surface area (Å²) < 4.78 is 14.8. The number of rotatable bonds is 5. The van der Waals surface area contributed by atoms with Crippen LogP contribution in [0.25, 0.3) is 22.0 Å².